The Morgan fingerprint density at radius 2 is 2.04 bits per heavy atom. The molecule has 24 heavy (non-hydrogen) atoms. The second-order valence-corrected chi connectivity index (χ2v) is 7.08. The first-order valence-electron chi connectivity index (χ1n) is 8.28. The summed E-state index contributed by atoms with van der Waals surface area (Å²) in [4.78, 5) is 16.3. The van der Waals surface area contributed by atoms with Gasteiger partial charge in [0.25, 0.3) is 5.91 Å². The molecule has 1 fully saturated rings. The van der Waals surface area contributed by atoms with Gasteiger partial charge in [-0.1, -0.05) is 6.07 Å². The molecule has 2 aromatic heterocycles. The average Bonchev–Trinajstić information content (AvgIpc) is 3.18. The summed E-state index contributed by atoms with van der Waals surface area (Å²) in [7, 11) is 0. The van der Waals surface area contributed by atoms with Gasteiger partial charge in [0.1, 0.15) is 11.5 Å². The number of hydrogen-bond acceptors (Lipinski definition) is 5. The zero-order chi connectivity index (χ0) is 17.1. The Bertz CT molecular complexity index is 687. The summed E-state index contributed by atoms with van der Waals surface area (Å²) in [6.45, 7) is 9.52. The van der Waals surface area contributed by atoms with E-state index in [4.69, 9.17) is 9.15 Å². The Morgan fingerprint density at radius 1 is 1.29 bits per heavy atom. The number of carbonyl (C=O) groups is 1. The van der Waals surface area contributed by atoms with Crippen LogP contribution in [0, 0.1) is 20.8 Å². The lowest BCUT2D eigenvalue weighted by atomic mass is 10.1. The highest BCUT2D eigenvalue weighted by atomic mass is 32.1. The van der Waals surface area contributed by atoms with Crippen molar-refractivity contribution in [3.63, 3.8) is 0 Å². The molecule has 1 saturated heterocycles. The summed E-state index contributed by atoms with van der Waals surface area (Å²) in [6.07, 6.45) is 0. The fourth-order valence-electron chi connectivity index (χ4n) is 3.18. The van der Waals surface area contributed by atoms with Crippen molar-refractivity contribution < 1.29 is 13.9 Å². The van der Waals surface area contributed by atoms with Crippen LogP contribution < -0.4 is 5.32 Å². The van der Waals surface area contributed by atoms with E-state index in [0.29, 0.717) is 17.9 Å². The molecule has 0 bridgehead atoms. The van der Waals surface area contributed by atoms with Gasteiger partial charge in [0.2, 0.25) is 0 Å². The second kappa shape index (κ2) is 7.51. The first-order chi connectivity index (χ1) is 11.6. The third-order valence-electron chi connectivity index (χ3n) is 4.60. The van der Waals surface area contributed by atoms with Gasteiger partial charge < -0.3 is 14.5 Å². The van der Waals surface area contributed by atoms with Gasteiger partial charge in [-0.05, 0) is 32.2 Å². The van der Waals surface area contributed by atoms with Crippen LogP contribution in [0.15, 0.2) is 21.9 Å². The van der Waals surface area contributed by atoms with Crippen molar-refractivity contribution in [3.8, 4) is 0 Å². The average molecular weight is 348 g/mol. The van der Waals surface area contributed by atoms with Crippen LogP contribution in [-0.4, -0.2) is 43.7 Å². The molecule has 1 N–H and O–H groups in total. The van der Waals surface area contributed by atoms with E-state index < -0.39 is 0 Å². The number of morpholine rings is 1. The second-order valence-electron chi connectivity index (χ2n) is 6.10. The van der Waals surface area contributed by atoms with E-state index in [9.17, 15) is 4.79 Å². The number of amides is 1. The Morgan fingerprint density at radius 3 is 2.62 bits per heavy atom. The van der Waals surface area contributed by atoms with Crippen molar-refractivity contribution >= 4 is 17.2 Å². The van der Waals surface area contributed by atoms with E-state index in [1.54, 1.807) is 11.3 Å². The van der Waals surface area contributed by atoms with E-state index >= 15 is 0 Å². The van der Waals surface area contributed by atoms with E-state index in [2.05, 4.69) is 27.7 Å². The van der Waals surface area contributed by atoms with Crippen LogP contribution in [0.4, 0.5) is 0 Å². The molecule has 2 aromatic rings. The highest BCUT2D eigenvalue weighted by Gasteiger charge is 2.25. The molecule has 1 atom stereocenters. The van der Waals surface area contributed by atoms with Crippen molar-refractivity contribution in [1.29, 1.82) is 0 Å². The molecule has 0 spiro atoms. The molecule has 1 amide bonds. The summed E-state index contributed by atoms with van der Waals surface area (Å²) in [5, 5.41) is 5.19. The van der Waals surface area contributed by atoms with Crippen molar-refractivity contribution in [2.45, 2.75) is 26.8 Å². The van der Waals surface area contributed by atoms with Gasteiger partial charge in [0.05, 0.1) is 24.8 Å². The van der Waals surface area contributed by atoms with Crippen LogP contribution in [0.2, 0.25) is 0 Å². The number of nitrogens with one attached hydrogen (secondary N) is 1. The molecular formula is C18H24N2O3S. The van der Waals surface area contributed by atoms with E-state index in [1.165, 1.54) is 4.88 Å². The number of hydrogen-bond donors (Lipinski definition) is 1. The van der Waals surface area contributed by atoms with Crippen molar-refractivity contribution in [3.05, 3.63) is 45.0 Å². The summed E-state index contributed by atoms with van der Waals surface area (Å²) in [5.41, 5.74) is 1.59. The molecular weight excluding hydrogens is 324 g/mol. The van der Waals surface area contributed by atoms with Gasteiger partial charge in [-0.3, -0.25) is 9.69 Å². The predicted molar refractivity (Wildman–Crippen MR) is 94.7 cm³/mol. The SMILES string of the molecule is Cc1oc(C)c(C(=O)NCC(c2cccs2)N2CCOCC2)c1C. The molecule has 6 heteroatoms. The topological polar surface area (TPSA) is 54.7 Å². The Balaban J connectivity index is 1.72. The minimum Gasteiger partial charge on any atom is -0.466 e. The summed E-state index contributed by atoms with van der Waals surface area (Å²) in [6, 6.07) is 4.38. The molecule has 0 aliphatic carbocycles. The predicted octanol–water partition coefficient (Wildman–Crippen LogP) is 3.07. The van der Waals surface area contributed by atoms with Crippen molar-refractivity contribution in [2.75, 3.05) is 32.8 Å². The lowest BCUT2D eigenvalue weighted by Gasteiger charge is -2.34. The quantitative estimate of drug-likeness (QED) is 0.902. The highest BCUT2D eigenvalue weighted by molar-refractivity contribution is 7.10. The van der Waals surface area contributed by atoms with Gasteiger partial charge in [-0.25, -0.2) is 0 Å². The molecule has 1 unspecified atom stereocenters. The summed E-state index contributed by atoms with van der Waals surface area (Å²) in [5.74, 6) is 1.43. The number of carbonyl (C=O) groups excluding carboxylic acids is 1. The lowest BCUT2D eigenvalue weighted by molar-refractivity contribution is 0.0169. The lowest BCUT2D eigenvalue weighted by Crippen LogP contribution is -2.43. The van der Waals surface area contributed by atoms with E-state index in [1.807, 2.05) is 20.8 Å². The van der Waals surface area contributed by atoms with Gasteiger partial charge in [-0.2, -0.15) is 0 Å². The summed E-state index contributed by atoms with van der Waals surface area (Å²) >= 11 is 1.73. The van der Waals surface area contributed by atoms with Crippen LogP contribution >= 0.6 is 11.3 Å². The first kappa shape index (κ1) is 17.2. The standard InChI is InChI=1S/C18H24N2O3S/c1-12-13(2)23-14(3)17(12)18(21)19-11-15(16-5-4-10-24-16)20-6-8-22-9-7-20/h4-5,10,15H,6-9,11H2,1-3H3,(H,19,21). The molecule has 0 aromatic carbocycles. The van der Waals surface area contributed by atoms with Crippen LogP contribution in [0.5, 0.6) is 0 Å². The van der Waals surface area contributed by atoms with Gasteiger partial charge in [-0.15, -0.1) is 11.3 Å². The Kier molecular flexibility index (Phi) is 5.38. The minimum atomic E-state index is -0.0586. The molecule has 3 heterocycles. The maximum atomic E-state index is 12.6. The third kappa shape index (κ3) is 3.55. The van der Waals surface area contributed by atoms with Crippen LogP contribution in [0.3, 0.4) is 0 Å². The number of nitrogens with zero attached hydrogens (tertiary/aromatic N) is 1. The number of thiophene rings is 1. The van der Waals surface area contributed by atoms with Crippen molar-refractivity contribution in [1.82, 2.24) is 10.2 Å². The molecule has 0 saturated carbocycles. The van der Waals surface area contributed by atoms with Gasteiger partial charge >= 0.3 is 0 Å². The van der Waals surface area contributed by atoms with Crippen LogP contribution in [-0.2, 0) is 4.74 Å². The number of aryl methyl sites for hydroxylation is 2. The first-order valence-corrected chi connectivity index (χ1v) is 9.16. The van der Waals surface area contributed by atoms with Crippen LogP contribution in [0.1, 0.15) is 38.4 Å². The molecule has 1 aliphatic rings. The van der Waals surface area contributed by atoms with Gasteiger partial charge in [0.15, 0.2) is 0 Å². The smallest absolute Gasteiger partial charge is 0.255 e. The molecule has 130 valence electrons. The highest BCUT2D eigenvalue weighted by Crippen LogP contribution is 2.26. The largest absolute Gasteiger partial charge is 0.466 e. The molecule has 1 aliphatic heterocycles. The van der Waals surface area contributed by atoms with Gasteiger partial charge in [0, 0.05) is 30.1 Å². The number of furan rings is 1. The minimum absolute atomic E-state index is 0.0586. The zero-order valence-corrected chi connectivity index (χ0v) is 15.2. The monoisotopic (exact) mass is 348 g/mol. The maximum absolute atomic E-state index is 12.6. The summed E-state index contributed by atoms with van der Waals surface area (Å²) < 4.78 is 11.0. The number of ether oxygens (including phenoxy) is 1. The van der Waals surface area contributed by atoms with E-state index in [0.717, 1.165) is 37.6 Å². The zero-order valence-electron chi connectivity index (χ0n) is 14.4. The Labute approximate surface area is 146 Å². The van der Waals surface area contributed by atoms with E-state index in [-0.39, 0.29) is 11.9 Å². The maximum Gasteiger partial charge on any atom is 0.255 e. The fraction of sp³-hybridized carbons (Fsp3) is 0.500. The molecule has 3 rings (SSSR count). The molecule has 0 radical (unpaired) electrons. The van der Waals surface area contributed by atoms with Crippen molar-refractivity contribution in [2.24, 2.45) is 0 Å². The number of rotatable bonds is 5. The fourth-order valence-corrected chi connectivity index (χ4v) is 4.05. The Hall–Kier alpha value is -1.63. The normalized spacial score (nSPS) is 17.0. The third-order valence-corrected chi connectivity index (χ3v) is 5.58. The van der Waals surface area contributed by atoms with Crippen LogP contribution in [0.25, 0.3) is 0 Å². The molecule has 5 nitrogen and oxygen atoms in total.